The van der Waals surface area contributed by atoms with Crippen molar-refractivity contribution in [3.63, 3.8) is 0 Å². The Balaban J connectivity index is 2.04. The Labute approximate surface area is 165 Å². The Hall–Kier alpha value is -3.40. The number of benzene rings is 3. The predicted octanol–water partition coefficient (Wildman–Crippen LogP) is 5.62. The summed E-state index contributed by atoms with van der Waals surface area (Å²) in [6.45, 7) is 2.40. The van der Waals surface area contributed by atoms with Crippen LogP contribution in [-0.2, 0) is 4.74 Å². The van der Waals surface area contributed by atoms with E-state index in [1.807, 2.05) is 61.5 Å². The number of unbranched alkanes of at least 4 members (excludes halogenated alkanes) is 1. The van der Waals surface area contributed by atoms with Gasteiger partial charge in [0, 0.05) is 11.3 Å². The van der Waals surface area contributed by atoms with Crippen LogP contribution in [0, 0.1) is 0 Å². The van der Waals surface area contributed by atoms with Gasteiger partial charge in [-0.05, 0) is 42.8 Å². The van der Waals surface area contributed by atoms with E-state index < -0.39 is 5.97 Å². The fourth-order valence-corrected chi connectivity index (χ4v) is 2.88. The highest BCUT2D eigenvalue weighted by Crippen LogP contribution is 2.31. The van der Waals surface area contributed by atoms with Crippen LogP contribution >= 0.6 is 0 Å². The van der Waals surface area contributed by atoms with Crippen LogP contribution in [0.4, 0.5) is 11.4 Å². The third-order valence-electron chi connectivity index (χ3n) is 4.33. The number of nitrogens with zero attached hydrogens (tertiary/aromatic N) is 1. The van der Waals surface area contributed by atoms with Gasteiger partial charge >= 0.3 is 5.97 Å². The van der Waals surface area contributed by atoms with Gasteiger partial charge in [0.05, 0.1) is 17.9 Å². The van der Waals surface area contributed by atoms with Gasteiger partial charge in [-0.1, -0.05) is 61.9 Å². The standard InChI is InChI=1S/C24H23NO3/c1-2-3-18-28-24(27)21-16-10-11-17-22(21)25(20-14-8-5-9-15-20)23(26)19-12-6-4-7-13-19/h4-17H,2-3,18H2,1H3. The maximum Gasteiger partial charge on any atom is 0.340 e. The van der Waals surface area contributed by atoms with Gasteiger partial charge in [0.2, 0.25) is 0 Å². The quantitative estimate of drug-likeness (QED) is 0.399. The topological polar surface area (TPSA) is 46.6 Å². The molecule has 0 aliphatic carbocycles. The Morgan fingerprint density at radius 2 is 1.43 bits per heavy atom. The third-order valence-corrected chi connectivity index (χ3v) is 4.33. The fourth-order valence-electron chi connectivity index (χ4n) is 2.88. The summed E-state index contributed by atoms with van der Waals surface area (Å²) in [6, 6.07) is 25.4. The van der Waals surface area contributed by atoms with E-state index in [4.69, 9.17) is 4.74 Å². The molecule has 0 heterocycles. The molecule has 0 unspecified atom stereocenters. The number of esters is 1. The lowest BCUT2D eigenvalue weighted by Crippen LogP contribution is -2.28. The summed E-state index contributed by atoms with van der Waals surface area (Å²) in [4.78, 5) is 27.6. The molecule has 0 atom stereocenters. The molecule has 1 amide bonds. The molecule has 4 nitrogen and oxygen atoms in total. The Bertz CT molecular complexity index is 923. The highest BCUT2D eigenvalue weighted by molar-refractivity contribution is 6.13. The zero-order valence-electron chi connectivity index (χ0n) is 15.9. The van der Waals surface area contributed by atoms with Crippen molar-refractivity contribution < 1.29 is 14.3 Å². The van der Waals surface area contributed by atoms with Crippen LogP contribution in [0.1, 0.15) is 40.5 Å². The van der Waals surface area contributed by atoms with Crippen LogP contribution in [0.15, 0.2) is 84.9 Å². The van der Waals surface area contributed by atoms with E-state index in [-0.39, 0.29) is 5.91 Å². The molecule has 28 heavy (non-hydrogen) atoms. The lowest BCUT2D eigenvalue weighted by Gasteiger charge is -2.25. The van der Waals surface area contributed by atoms with Gasteiger partial charge < -0.3 is 4.74 Å². The second-order valence-corrected chi connectivity index (χ2v) is 6.35. The normalized spacial score (nSPS) is 10.3. The molecule has 142 valence electrons. The van der Waals surface area contributed by atoms with Crippen molar-refractivity contribution in [2.24, 2.45) is 0 Å². The largest absolute Gasteiger partial charge is 0.462 e. The number of carbonyl (C=O) groups is 2. The maximum absolute atomic E-state index is 13.4. The summed E-state index contributed by atoms with van der Waals surface area (Å²) in [6.07, 6.45) is 1.75. The van der Waals surface area contributed by atoms with E-state index in [9.17, 15) is 9.59 Å². The number of anilines is 2. The molecule has 4 heteroatoms. The van der Waals surface area contributed by atoms with Gasteiger partial charge in [-0.15, -0.1) is 0 Å². The van der Waals surface area contributed by atoms with Gasteiger partial charge in [0.25, 0.3) is 5.91 Å². The predicted molar refractivity (Wildman–Crippen MR) is 111 cm³/mol. The van der Waals surface area contributed by atoms with E-state index in [0.717, 1.165) is 12.8 Å². The van der Waals surface area contributed by atoms with Crippen molar-refractivity contribution in [3.05, 3.63) is 96.1 Å². The van der Waals surface area contributed by atoms with Crippen molar-refractivity contribution in [3.8, 4) is 0 Å². The van der Waals surface area contributed by atoms with Crippen LogP contribution in [0.25, 0.3) is 0 Å². The Morgan fingerprint density at radius 1 is 0.821 bits per heavy atom. The minimum atomic E-state index is -0.425. The summed E-state index contributed by atoms with van der Waals surface area (Å²) >= 11 is 0. The second-order valence-electron chi connectivity index (χ2n) is 6.35. The van der Waals surface area contributed by atoms with Gasteiger partial charge in [0.15, 0.2) is 0 Å². The third kappa shape index (κ3) is 4.46. The van der Waals surface area contributed by atoms with Crippen molar-refractivity contribution in [1.82, 2.24) is 0 Å². The molecule has 0 radical (unpaired) electrons. The van der Waals surface area contributed by atoms with Gasteiger partial charge in [0.1, 0.15) is 0 Å². The molecule has 3 aromatic carbocycles. The van der Waals surface area contributed by atoms with E-state index in [0.29, 0.717) is 29.1 Å². The number of hydrogen-bond donors (Lipinski definition) is 0. The van der Waals surface area contributed by atoms with Gasteiger partial charge in [-0.25, -0.2) is 4.79 Å². The van der Waals surface area contributed by atoms with Gasteiger partial charge in [-0.2, -0.15) is 0 Å². The summed E-state index contributed by atoms with van der Waals surface area (Å²) in [5.41, 5.74) is 2.10. The number of ether oxygens (including phenoxy) is 1. The van der Waals surface area contributed by atoms with E-state index in [1.54, 1.807) is 35.2 Å². The lowest BCUT2D eigenvalue weighted by molar-refractivity contribution is 0.0501. The molecular weight excluding hydrogens is 350 g/mol. The van der Waals surface area contributed by atoms with Crippen molar-refractivity contribution in [2.75, 3.05) is 11.5 Å². The minimum absolute atomic E-state index is 0.208. The first kappa shape index (κ1) is 19.4. The molecule has 0 aliphatic rings. The van der Waals surface area contributed by atoms with Crippen molar-refractivity contribution in [1.29, 1.82) is 0 Å². The summed E-state index contributed by atoms with van der Waals surface area (Å²) in [5, 5.41) is 0. The molecule has 0 aliphatic heterocycles. The number of para-hydroxylation sites is 2. The first-order chi connectivity index (χ1) is 13.7. The van der Waals surface area contributed by atoms with Crippen LogP contribution in [0.2, 0.25) is 0 Å². The zero-order chi connectivity index (χ0) is 19.8. The molecule has 0 fully saturated rings. The van der Waals surface area contributed by atoms with Crippen LogP contribution in [0.3, 0.4) is 0 Å². The number of amides is 1. The summed E-state index contributed by atoms with van der Waals surface area (Å²) in [5.74, 6) is -0.633. The molecule has 3 aromatic rings. The zero-order valence-corrected chi connectivity index (χ0v) is 15.9. The van der Waals surface area contributed by atoms with Crippen LogP contribution in [0.5, 0.6) is 0 Å². The first-order valence-electron chi connectivity index (χ1n) is 9.43. The monoisotopic (exact) mass is 373 g/mol. The average Bonchev–Trinajstić information content (AvgIpc) is 2.76. The summed E-state index contributed by atoms with van der Waals surface area (Å²) < 4.78 is 5.40. The van der Waals surface area contributed by atoms with E-state index in [2.05, 4.69) is 0 Å². The van der Waals surface area contributed by atoms with Crippen LogP contribution < -0.4 is 4.90 Å². The molecule has 3 rings (SSSR count). The Morgan fingerprint density at radius 3 is 2.11 bits per heavy atom. The smallest absolute Gasteiger partial charge is 0.340 e. The maximum atomic E-state index is 13.4. The van der Waals surface area contributed by atoms with Crippen molar-refractivity contribution >= 4 is 23.3 Å². The number of rotatable bonds is 7. The summed E-state index contributed by atoms with van der Waals surface area (Å²) in [7, 11) is 0. The Kier molecular flexibility index (Phi) is 6.58. The highest BCUT2D eigenvalue weighted by atomic mass is 16.5. The average molecular weight is 373 g/mol. The second kappa shape index (κ2) is 9.51. The first-order valence-corrected chi connectivity index (χ1v) is 9.43. The van der Waals surface area contributed by atoms with Crippen molar-refractivity contribution in [2.45, 2.75) is 19.8 Å². The van der Waals surface area contributed by atoms with E-state index in [1.165, 1.54) is 0 Å². The fraction of sp³-hybridized carbons (Fsp3) is 0.167. The number of hydrogen-bond acceptors (Lipinski definition) is 3. The lowest BCUT2D eigenvalue weighted by atomic mass is 10.1. The molecule has 0 aromatic heterocycles. The molecule has 0 spiro atoms. The molecule has 0 saturated heterocycles. The minimum Gasteiger partial charge on any atom is -0.462 e. The highest BCUT2D eigenvalue weighted by Gasteiger charge is 2.24. The molecular formula is C24H23NO3. The molecule has 0 bridgehead atoms. The van der Waals surface area contributed by atoms with Crippen LogP contribution in [-0.4, -0.2) is 18.5 Å². The van der Waals surface area contributed by atoms with E-state index >= 15 is 0 Å². The van der Waals surface area contributed by atoms with Gasteiger partial charge in [-0.3, -0.25) is 9.69 Å². The SMILES string of the molecule is CCCCOC(=O)c1ccccc1N(C(=O)c1ccccc1)c1ccccc1. The molecule has 0 N–H and O–H groups in total. The number of carbonyl (C=O) groups excluding carboxylic acids is 2. The molecule has 0 saturated carbocycles.